The summed E-state index contributed by atoms with van der Waals surface area (Å²) in [6.07, 6.45) is 5.44. The van der Waals surface area contributed by atoms with E-state index in [4.69, 9.17) is 4.52 Å². The molecule has 1 saturated carbocycles. The summed E-state index contributed by atoms with van der Waals surface area (Å²) in [5.74, 6) is 0.0747. The van der Waals surface area contributed by atoms with Crippen molar-refractivity contribution >= 4 is 5.91 Å². The number of hydrogen-bond donors (Lipinski definition) is 0. The minimum absolute atomic E-state index is 0.121. The summed E-state index contributed by atoms with van der Waals surface area (Å²) < 4.78 is 5.32. The van der Waals surface area contributed by atoms with E-state index < -0.39 is 0 Å². The van der Waals surface area contributed by atoms with Gasteiger partial charge in [0.1, 0.15) is 5.69 Å². The van der Waals surface area contributed by atoms with E-state index in [1.54, 1.807) is 18.5 Å². The van der Waals surface area contributed by atoms with Crippen LogP contribution in [0.3, 0.4) is 0 Å². The van der Waals surface area contributed by atoms with Crippen LogP contribution in [-0.4, -0.2) is 32.0 Å². The smallest absolute Gasteiger partial charge is 0.293 e. The Kier molecular flexibility index (Phi) is 4.01. The summed E-state index contributed by atoms with van der Waals surface area (Å²) in [4.78, 5) is 23.5. The molecule has 25 heavy (non-hydrogen) atoms. The van der Waals surface area contributed by atoms with Crippen LogP contribution < -0.4 is 0 Å². The van der Waals surface area contributed by atoms with E-state index in [2.05, 4.69) is 15.1 Å². The zero-order valence-corrected chi connectivity index (χ0v) is 13.9. The molecule has 1 fully saturated rings. The minimum Gasteiger partial charge on any atom is -0.350 e. The van der Waals surface area contributed by atoms with Gasteiger partial charge >= 0.3 is 0 Å². The first-order chi connectivity index (χ1) is 12.2. The average Bonchev–Trinajstić information content (AvgIpc) is 3.37. The third-order valence-corrected chi connectivity index (χ3v) is 4.36. The van der Waals surface area contributed by atoms with Gasteiger partial charge in [-0.2, -0.15) is 0 Å². The number of carbonyl (C=O) groups excluding carboxylic acids is 1. The Morgan fingerprint density at radius 1 is 1.12 bits per heavy atom. The van der Waals surface area contributed by atoms with Crippen LogP contribution in [-0.2, 0) is 0 Å². The molecule has 3 heterocycles. The second-order valence-corrected chi connectivity index (χ2v) is 6.17. The van der Waals surface area contributed by atoms with Crippen molar-refractivity contribution in [1.29, 1.82) is 0 Å². The molecule has 1 atom stereocenters. The standard InChI is InChI=1S/C19H18N4O2/c1-13(15-6-2-4-10-20-15)23(14-8-9-14)19(24)18-12-17(22-25-18)16-7-3-5-11-21-16/h2-7,10-14H,8-9H2,1H3/t13-/m1/s1. The molecule has 3 aromatic heterocycles. The fourth-order valence-corrected chi connectivity index (χ4v) is 2.91. The highest BCUT2D eigenvalue weighted by molar-refractivity contribution is 5.93. The van der Waals surface area contributed by atoms with Crippen molar-refractivity contribution in [2.75, 3.05) is 0 Å². The third-order valence-electron chi connectivity index (χ3n) is 4.36. The van der Waals surface area contributed by atoms with Crippen molar-refractivity contribution in [2.45, 2.75) is 31.8 Å². The molecule has 0 radical (unpaired) electrons. The van der Waals surface area contributed by atoms with E-state index >= 15 is 0 Å². The van der Waals surface area contributed by atoms with E-state index in [0.717, 1.165) is 18.5 Å². The second kappa shape index (κ2) is 6.47. The molecule has 0 aromatic carbocycles. The summed E-state index contributed by atoms with van der Waals surface area (Å²) in [7, 11) is 0. The SMILES string of the molecule is C[C@H](c1ccccn1)N(C(=O)c1cc(-c2ccccn2)no1)C1CC1. The van der Waals surface area contributed by atoms with Crippen LogP contribution in [0.5, 0.6) is 0 Å². The van der Waals surface area contributed by atoms with Gasteiger partial charge in [0, 0.05) is 24.5 Å². The molecule has 4 rings (SSSR count). The van der Waals surface area contributed by atoms with Crippen molar-refractivity contribution in [3.8, 4) is 11.4 Å². The van der Waals surface area contributed by atoms with Crippen molar-refractivity contribution in [3.63, 3.8) is 0 Å². The van der Waals surface area contributed by atoms with E-state index in [-0.39, 0.29) is 23.8 Å². The first-order valence-electron chi connectivity index (χ1n) is 8.36. The summed E-state index contributed by atoms with van der Waals surface area (Å²) in [6, 6.07) is 13.0. The topological polar surface area (TPSA) is 72.1 Å². The molecule has 1 aliphatic carbocycles. The lowest BCUT2D eigenvalue weighted by Gasteiger charge is -2.27. The van der Waals surface area contributed by atoms with Gasteiger partial charge < -0.3 is 9.42 Å². The molecule has 126 valence electrons. The maximum absolute atomic E-state index is 13.0. The number of hydrogen-bond acceptors (Lipinski definition) is 5. The summed E-state index contributed by atoms with van der Waals surface area (Å²) >= 11 is 0. The number of nitrogens with zero attached hydrogens (tertiary/aromatic N) is 4. The van der Waals surface area contributed by atoms with Gasteiger partial charge in [-0.25, -0.2) is 0 Å². The molecule has 3 aromatic rings. The van der Waals surface area contributed by atoms with Gasteiger partial charge in [0.05, 0.1) is 17.4 Å². The molecule has 6 heteroatoms. The quantitative estimate of drug-likeness (QED) is 0.714. The number of aromatic nitrogens is 3. The number of carbonyl (C=O) groups is 1. The largest absolute Gasteiger partial charge is 0.350 e. The number of pyridine rings is 2. The Bertz CT molecular complexity index is 859. The molecule has 0 saturated heterocycles. The van der Waals surface area contributed by atoms with Crippen LogP contribution in [0.1, 0.15) is 42.1 Å². The third kappa shape index (κ3) is 3.15. The summed E-state index contributed by atoms with van der Waals surface area (Å²) in [5.41, 5.74) is 2.11. The van der Waals surface area contributed by atoms with E-state index in [1.807, 2.05) is 48.2 Å². The molecule has 1 aliphatic rings. The lowest BCUT2D eigenvalue weighted by molar-refractivity contribution is 0.0627. The van der Waals surface area contributed by atoms with Gasteiger partial charge in [-0.05, 0) is 44.0 Å². The molecular formula is C19H18N4O2. The zero-order chi connectivity index (χ0) is 17.2. The predicted octanol–water partition coefficient (Wildman–Crippen LogP) is 3.50. The molecule has 0 aliphatic heterocycles. The predicted molar refractivity (Wildman–Crippen MR) is 91.6 cm³/mol. The van der Waals surface area contributed by atoms with Crippen LogP contribution in [0.2, 0.25) is 0 Å². The summed E-state index contributed by atoms with van der Waals surface area (Å²) in [5, 5.41) is 4.00. The van der Waals surface area contributed by atoms with Gasteiger partial charge in [-0.3, -0.25) is 14.8 Å². The normalized spacial score (nSPS) is 14.9. The molecule has 0 unspecified atom stereocenters. The Labute approximate surface area is 145 Å². The van der Waals surface area contributed by atoms with Crippen LogP contribution in [0.15, 0.2) is 59.4 Å². The van der Waals surface area contributed by atoms with Crippen LogP contribution in [0.4, 0.5) is 0 Å². The van der Waals surface area contributed by atoms with E-state index in [0.29, 0.717) is 11.4 Å². The lowest BCUT2D eigenvalue weighted by atomic mass is 10.1. The van der Waals surface area contributed by atoms with Crippen LogP contribution >= 0.6 is 0 Å². The molecule has 0 N–H and O–H groups in total. The fraction of sp³-hybridized carbons (Fsp3) is 0.263. The van der Waals surface area contributed by atoms with Gasteiger partial charge in [-0.15, -0.1) is 0 Å². The van der Waals surface area contributed by atoms with Crippen molar-refractivity contribution in [3.05, 3.63) is 66.3 Å². The number of rotatable bonds is 5. The zero-order valence-electron chi connectivity index (χ0n) is 13.9. The fourth-order valence-electron chi connectivity index (χ4n) is 2.91. The van der Waals surface area contributed by atoms with Crippen LogP contribution in [0, 0.1) is 0 Å². The number of amides is 1. The summed E-state index contributed by atoms with van der Waals surface area (Å²) in [6.45, 7) is 1.99. The van der Waals surface area contributed by atoms with Crippen LogP contribution in [0.25, 0.3) is 11.4 Å². The monoisotopic (exact) mass is 334 g/mol. The van der Waals surface area contributed by atoms with E-state index in [1.165, 1.54) is 0 Å². The Hall–Kier alpha value is -3.02. The maximum Gasteiger partial charge on any atom is 0.293 e. The first kappa shape index (κ1) is 15.5. The molecule has 6 nitrogen and oxygen atoms in total. The average molecular weight is 334 g/mol. The van der Waals surface area contributed by atoms with Crippen molar-refractivity contribution in [1.82, 2.24) is 20.0 Å². The van der Waals surface area contributed by atoms with E-state index in [9.17, 15) is 4.79 Å². The van der Waals surface area contributed by atoms with Crippen molar-refractivity contribution < 1.29 is 9.32 Å². The Morgan fingerprint density at radius 3 is 2.52 bits per heavy atom. The van der Waals surface area contributed by atoms with Crippen molar-refractivity contribution in [2.24, 2.45) is 0 Å². The highest BCUT2D eigenvalue weighted by atomic mass is 16.5. The van der Waals surface area contributed by atoms with Gasteiger partial charge in [0.15, 0.2) is 0 Å². The van der Waals surface area contributed by atoms with Gasteiger partial charge in [0.25, 0.3) is 5.91 Å². The maximum atomic E-state index is 13.0. The first-order valence-corrected chi connectivity index (χ1v) is 8.36. The Morgan fingerprint density at radius 2 is 1.88 bits per heavy atom. The second-order valence-electron chi connectivity index (χ2n) is 6.17. The lowest BCUT2D eigenvalue weighted by Crippen LogP contribution is -2.35. The molecule has 1 amide bonds. The molecule has 0 bridgehead atoms. The van der Waals surface area contributed by atoms with Gasteiger partial charge in [0.2, 0.25) is 5.76 Å². The highest BCUT2D eigenvalue weighted by Gasteiger charge is 2.38. The minimum atomic E-state index is -0.157. The van der Waals surface area contributed by atoms with Gasteiger partial charge in [-0.1, -0.05) is 17.3 Å². The molecular weight excluding hydrogens is 316 g/mol. The Balaban J connectivity index is 1.61. The highest BCUT2D eigenvalue weighted by Crippen LogP contribution is 2.35. The molecule has 0 spiro atoms.